The van der Waals surface area contributed by atoms with Crippen molar-refractivity contribution in [2.24, 2.45) is 4.99 Å². The first-order chi connectivity index (χ1) is 16.3. The Balaban J connectivity index is 0.000000291. The Kier molecular flexibility index (Phi) is 7.06. The maximum Gasteiger partial charge on any atom is 0.307 e. The number of carboxylic acid groups (broad SMARTS) is 1. The van der Waals surface area contributed by atoms with Gasteiger partial charge in [-0.2, -0.15) is 0 Å². The first kappa shape index (κ1) is 23.6. The first-order valence-corrected chi connectivity index (χ1v) is 11.4. The second-order valence-electron chi connectivity index (χ2n) is 7.98. The number of allylic oxidation sites excluding steroid dienone is 2. The van der Waals surface area contributed by atoms with Crippen LogP contribution in [0.15, 0.2) is 95.1 Å². The fourth-order valence-electron chi connectivity index (χ4n) is 3.85. The maximum absolute atomic E-state index is 11.4. The Hall–Kier alpha value is -3.54. The third kappa shape index (κ3) is 5.33. The number of nitrogens with zero attached hydrogens (tertiary/aromatic N) is 2. The molecule has 3 aromatic rings. The Morgan fingerprint density at radius 2 is 1.68 bits per heavy atom. The van der Waals surface area contributed by atoms with Gasteiger partial charge in [0.25, 0.3) is 0 Å². The van der Waals surface area contributed by atoms with Gasteiger partial charge in [-0.05, 0) is 91.2 Å². The molecule has 1 aliphatic heterocycles. The molecular formula is C27H23Cl2N3O2. The van der Waals surface area contributed by atoms with Gasteiger partial charge in [0.15, 0.2) is 0 Å². The van der Waals surface area contributed by atoms with Crippen molar-refractivity contribution >= 4 is 57.6 Å². The summed E-state index contributed by atoms with van der Waals surface area (Å²) in [7, 11) is 0. The molecule has 0 radical (unpaired) electrons. The fraction of sp³-hybridized carbons (Fsp3) is 0.111. The van der Waals surface area contributed by atoms with Gasteiger partial charge in [0, 0.05) is 21.4 Å². The zero-order valence-electron chi connectivity index (χ0n) is 18.5. The number of fused-ring (bicyclic) bond motifs is 2. The number of rotatable bonds is 3. The number of carboxylic acids is 1. The van der Waals surface area contributed by atoms with Crippen molar-refractivity contribution in [1.82, 2.24) is 0 Å². The van der Waals surface area contributed by atoms with Gasteiger partial charge in [-0.25, -0.2) is 4.99 Å². The molecule has 0 unspecified atom stereocenters. The molecule has 34 heavy (non-hydrogen) atoms. The molecule has 5 rings (SSSR count). The van der Waals surface area contributed by atoms with Crippen LogP contribution in [0, 0.1) is 6.92 Å². The lowest BCUT2D eigenvalue weighted by Crippen LogP contribution is -2.28. The van der Waals surface area contributed by atoms with Crippen LogP contribution >= 0.6 is 23.2 Å². The smallest absolute Gasteiger partial charge is 0.307 e. The number of hydrogen-bond donors (Lipinski definition) is 2. The second kappa shape index (κ2) is 10.2. The van der Waals surface area contributed by atoms with E-state index in [9.17, 15) is 9.90 Å². The van der Waals surface area contributed by atoms with E-state index in [-0.39, 0.29) is 6.42 Å². The highest BCUT2D eigenvalue weighted by Gasteiger charge is 2.30. The molecule has 1 heterocycles. The molecule has 3 N–H and O–H groups in total. The average Bonchev–Trinajstić information content (AvgIpc) is 2.80. The van der Waals surface area contributed by atoms with E-state index in [1.165, 1.54) is 0 Å². The lowest BCUT2D eigenvalue weighted by Gasteiger charge is -2.35. The Bertz CT molecular complexity index is 1290. The van der Waals surface area contributed by atoms with Crippen LogP contribution in [0.3, 0.4) is 0 Å². The minimum Gasteiger partial charge on any atom is -0.481 e. The van der Waals surface area contributed by atoms with Gasteiger partial charge >= 0.3 is 5.97 Å². The van der Waals surface area contributed by atoms with E-state index in [0.717, 1.165) is 50.3 Å². The van der Waals surface area contributed by atoms with Gasteiger partial charge in [0.05, 0.1) is 29.2 Å². The van der Waals surface area contributed by atoms with E-state index >= 15 is 0 Å². The summed E-state index contributed by atoms with van der Waals surface area (Å²) in [6.45, 7) is 2.03. The van der Waals surface area contributed by atoms with Crippen LogP contribution in [0.25, 0.3) is 0 Å². The molecule has 2 aliphatic rings. The van der Waals surface area contributed by atoms with Gasteiger partial charge < -0.3 is 15.7 Å². The SMILES string of the molecule is Cc1ccc2c(c1)N=C1C=CCC(CC(=O)O)=C1N2c1ccc(Cl)cc1.Nc1ccc(Cl)cc1. The van der Waals surface area contributed by atoms with Crippen LogP contribution in [-0.4, -0.2) is 16.8 Å². The highest BCUT2D eigenvalue weighted by Crippen LogP contribution is 2.44. The summed E-state index contributed by atoms with van der Waals surface area (Å²) >= 11 is 11.6. The number of carbonyl (C=O) groups is 1. The quantitative estimate of drug-likeness (QED) is 0.372. The lowest BCUT2D eigenvalue weighted by atomic mass is 9.94. The van der Waals surface area contributed by atoms with Crippen molar-refractivity contribution in [2.45, 2.75) is 19.8 Å². The van der Waals surface area contributed by atoms with Crippen molar-refractivity contribution in [3.63, 3.8) is 0 Å². The van der Waals surface area contributed by atoms with Crippen LogP contribution in [0.4, 0.5) is 22.7 Å². The van der Waals surface area contributed by atoms with E-state index in [4.69, 9.17) is 33.9 Å². The van der Waals surface area contributed by atoms with E-state index < -0.39 is 5.97 Å². The van der Waals surface area contributed by atoms with Crippen LogP contribution < -0.4 is 10.6 Å². The standard InChI is InChI=1S/C21H17ClN2O2.C6H6ClN/c1-13-5-10-19-18(11-13)23-17-4-2-3-14(12-20(25)26)21(17)24(19)16-8-6-15(22)7-9-16;7-5-1-3-6(8)4-2-5/h2,4-11H,3,12H2,1H3,(H,25,26);1-4H,8H2. The van der Waals surface area contributed by atoms with E-state index in [1.807, 2.05) is 61.5 Å². The minimum atomic E-state index is -0.840. The fourth-order valence-corrected chi connectivity index (χ4v) is 4.11. The predicted molar refractivity (Wildman–Crippen MR) is 141 cm³/mol. The Morgan fingerprint density at radius 1 is 1.03 bits per heavy atom. The Labute approximate surface area is 208 Å². The largest absolute Gasteiger partial charge is 0.481 e. The summed E-state index contributed by atoms with van der Waals surface area (Å²) in [6.07, 6.45) is 4.53. The summed E-state index contributed by atoms with van der Waals surface area (Å²) in [6, 6.07) is 20.7. The number of aryl methyl sites for hydroxylation is 1. The molecule has 0 spiro atoms. The summed E-state index contributed by atoms with van der Waals surface area (Å²) in [5, 5.41) is 10.7. The third-order valence-corrected chi connectivity index (χ3v) is 5.88. The molecule has 0 atom stereocenters. The van der Waals surface area contributed by atoms with Crippen molar-refractivity contribution < 1.29 is 9.90 Å². The molecule has 7 heteroatoms. The van der Waals surface area contributed by atoms with E-state index in [1.54, 1.807) is 24.3 Å². The molecule has 1 aliphatic carbocycles. The number of anilines is 3. The molecule has 0 saturated heterocycles. The van der Waals surface area contributed by atoms with Gasteiger partial charge in [-0.15, -0.1) is 0 Å². The molecule has 0 aromatic heterocycles. The average molecular weight is 492 g/mol. The van der Waals surface area contributed by atoms with Crippen molar-refractivity contribution in [3.8, 4) is 0 Å². The number of hydrogen-bond acceptors (Lipinski definition) is 4. The van der Waals surface area contributed by atoms with Crippen molar-refractivity contribution in [2.75, 3.05) is 10.6 Å². The van der Waals surface area contributed by atoms with Gasteiger partial charge in [0.1, 0.15) is 0 Å². The number of aliphatic carboxylic acids is 1. The second-order valence-corrected chi connectivity index (χ2v) is 8.85. The molecule has 0 bridgehead atoms. The van der Waals surface area contributed by atoms with Gasteiger partial charge in [0.2, 0.25) is 0 Å². The molecule has 5 nitrogen and oxygen atoms in total. The maximum atomic E-state index is 11.4. The van der Waals surface area contributed by atoms with Crippen molar-refractivity contribution in [1.29, 1.82) is 0 Å². The zero-order chi connectivity index (χ0) is 24.2. The highest BCUT2D eigenvalue weighted by molar-refractivity contribution is 6.31. The normalized spacial score (nSPS) is 14.0. The minimum absolute atomic E-state index is 0.00994. The number of halogens is 2. The van der Waals surface area contributed by atoms with Crippen LogP contribution in [0.5, 0.6) is 0 Å². The monoisotopic (exact) mass is 491 g/mol. The van der Waals surface area contributed by atoms with Gasteiger partial charge in [-0.3, -0.25) is 4.79 Å². The number of aliphatic imine (C=N–C) groups is 1. The molecule has 0 saturated carbocycles. The number of nitrogen functional groups attached to an aromatic ring is 1. The molecule has 172 valence electrons. The molecule has 0 fully saturated rings. The topological polar surface area (TPSA) is 78.9 Å². The zero-order valence-corrected chi connectivity index (χ0v) is 20.0. The highest BCUT2D eigenvalue weighted by atomic mass is 35.5. The van der Waals surface area contributed by atoms with Gasteiger partial charge in [-0.1, -0.05) is 35.3 Å². The third-order valence-electron chi connectivity index (χ3n) is 5.37. The van der Waals surface area contributed by atoms with E-state index in [2.05, 4.69) is 4.90 Å². The van der Waals surface area contributed by atoms with Crippen LogP contribution in [0.2, 0.25) is 10.0 Å². The summed E-state index contributed by atoms with van der Waals surface area (Å²) < 4.78 is 0. The van der Waals surface area contributed by atoms with E-state index in [0.29, 0.717) is 11.4 Å². The van der Waals surface area contributed by atoms with Crippen molar-refractivity contribution in [3.05, 3.63) is 106 Å². The predicted octanol–water partition coefficient (Wildman–Crippen LogP) is 7.48. The molecular weight excluding hydrogens is 469 g/mol. The lowest BCUT2D eigenvalue weighted by molar-refractivity contribution is -0.136. The summed E-state index contributed by atoms with van der Waals surface area (Å²) in [4.78, 5) is 18.3. The van der Waals surface area contributed by atoms with Crippen LogP contribution in [-0.2, 0) is 4.79 Å². The first-order valence-electron chi connectivity index (χ1n) is 10.7. The Morgan fingerprint density at radius 3 is 2.29 bits per heavy atom. The number of nitrogens with two attached hydrogens (primary N) is 1. The summed E-state index contributed by atoms with van der Waals surface area (Å²) in [5.41, 5.74) is 12.5. The summed E-state index contributed by atoms with van der Waals surface area (Å²) in [5.74, 6) is -0.840. The number of benzene rings is 3. The molecule has 0 amide bonds. The molecule has 3 aromatic carbocycles. The van der Waals surface area contributed by atoms with Crippen LogP contribution in [0.1, 0.15) is 18.4 Å².